The van der Waals surface area contributed by atoms with E-state index in [0.717, 1.165) is 10.4 Å². The van der Waals surface area contributed by atoms with Crippen molar-refractivity contribution < 1.29 is 19.5 Å². The molecule has 0 aliphatic carbocycles. The molecule has 27 heavy (non-hydrogen) atoms. The SMILES string of the molecule is O=C(O)CC1C(=O)N(CCc2ccccc2)CC(=O)N1CCc1cccs1. The van der Waals surface area contributed by atoms with E-state index in [4.69, 9.17) is 0 Å². The van der Waals surface area contributed by atoms with Gasteiger partial charge in [-0.1, -0.05) is 36.4 Å². The Labute approximate surface area is 162 Å². The first-order chi connectivity index (χ1) is 13.0. The monoisotopic (exact) mass is 386 g/mol. The number of nitrogens with zero attached hydrogens (tertiary/aromatic N) is 2. The maximum Gasteiger partial charge on any atom is 0.305 e. The van der Waals surface area contributed by atoms with Crippen LogP contribution in [0.2, 0.25) is 0 Å². The normalized spacial score (nSPS) is 17.4. The van der Waals surface area contributed by atoms with Gasteiger partial charge in [0.2, 0.25) is 11.8 Å². The second kappa shape index (κ2) is 8.81. The zero-order valence-electron chi connectivity index (χ0n) is 14.9. The Bertz CT molecular complexity index is 792. The molecule has 7 heteroatoms. The van der Waals surface area contributed by atoms with E-state index in [-0.39, 0.29) is 24.8 Å². The van der Waals surface area contributed by atoms with Crippen LogP contribution in [0.3, 0.4) is 0 Å². The second-order valence-corrected chi connectivity index (χ2v) is 7.56. The van der Waals surface area contributed by atoms with Gasteiger partial charge in [0.1, 0.15) is 6.04 Å². The lowest BCUT2D eigenvalue weighted by Gasteiger charge is -2.39. The van der Waals surface area contributed by atoms with Gasteiger partial charge in [-0.3, -0.25) is 14.4 Å². The van der Waals surface area contributed by atoms with E-state index in [9.17, 15) is 19.5 Å². The molecule has 1 aliphatic heterocycles. The highest BCUT2D eigenvalue weighted by molar-refractivity contribution is 7.09. The summed E-state index contributed by atoms with van der Waals surface area (Å²) < 4.78 is 0. The highest BCUT2D eigenvalue weighted by Gasteiger charge is 2.40. The number of thiophene rings is 1. The molecular formula is C20H22N2O4S. The van der Waals surface area contributed by atoms with Crippen LogP contribution in [-0.4, -0.2) is 58.4 Å². The van der Waals surface area contributed by atoms with Gasteiger partial charge in [0, 0.05) is 18.0 Å². The Balaban J connectivity index is 1.68. The quantitative estimate of drug-likeness (QED) is 0.753. The van der Waals surface area contributed by atoms with Crippen LogP contribution in [0.1, 0.15) is 16.9 Å². The third-order valence-corrected chi connectivity index (χ3v) is 5.62. The summed E-state index contributed by atoms with van der Waals surface area (Å²) in [5.74, 6) is -1.54. The Morgan fingerprint density at radius 2 is 1.85 bits per heavy atom. The lowest BCUT2D eigenvalue weighted by Crippen LogP contribution is -2.61. The van der Waals surface area contributed by atoms with Crippen molar-refractivity contribution in [2.45, 2.75) is 25.3 Å². The number of hydrogen-bond acceptors (Lipinski definition) is 4. The van der Waals surface area contributed by atoms with Crippen molar-refractivity contribution in [2.24, 2.45) is 0 Å². The van der Waals surface area contributed by atoms with Crippen molar-refractivity contribution in [2.75, 3.05) is 19.6 Å². The summed E-state index contributed by atoms with van der Waals surface area (Å²) >= 11 is 1.59. The summed E-state index contributed by atoms with van der Waals surface area (Å²) in [4.78, 5) is 40.8. The summed E-state index contributed by atoms with van der Waals surface area (Å²) in [6, 6.07) is 12.7. The van der Waals surface area contributed by atoms with Crippen molar-refractivity contribution in [3.8, 4) is 0 Å². The Kier molecular flexibility index (Phi) is 6.24. The molecular weight excluding hydrogens is 364 g/mol. The predicted molar refractivity (Wildman–Crippen MR) is 103 cm³/mol. The number of benzene rings is 1. The topological polar surface area (TPSA) is 77.9 Å². The molecule has 1 atom stereocenters. The van der Waals surface area contributed by atoms with Gasteiger partial charge in [0.05, 0.1) is 13.0 Å². The van der Waals surface area contributed by atoms with Gasteiger partial charge in [-0.05, 0) is 29.9 Å². The Morgan fingerprint density at radius 1 is 1.07 bits per heavy atom. The molecule has 2 heterocycles. The minimum Gasteiger partial charge on any atom is -0.481 e. The molecule has 1 fully saturated rings. The van der Waals surface area contributed by atoms with Crippen LogP contribution in [0, 0.1) is 0 Å². The summed E-state index contributed by atoms with van der Waals surface area (Å²) in [7, 11) is 0. The molecule has 6 nitrogen and oxygen atoms in total. The first kappa shape index (κ1) is 19.1. The minimum atomic E-state index is -1.08. The lowest BCUT2D eigenvalue weighted by atomic mass is 10.0. The fraction of sp³-hybridized carbons (Fsp3) is 0.350. The molecule has 3 rings (SSSR count). The highest BCUT2D eigenvalue weighted by Crippen LogP contribution is 2.19. The van der Waals surface area contributed by atoms with Gasteiger partial charge >= 0.3 is 5.97 Å². The van der Waals surface area contributed by atoms with Crippen LogP contribution in [-0.2, 0) is 27.2 Å². The van der Waals surface area contributed by atoms with Crippen LogP contribution in [0.5, 0.6) is 0 Å². The van der Waals surface area contributed by atoms with Gasteiger partial charge < -0.3 is 14.9 Å². The first-order valence-corrected chi connectivity index (χ1v) is 9.79. The van der Waals surface area contributed by atoms with E-state index in [1.807, 2.05) is 47.8 Å². The fourth-order valence-electron chi connectivity index (χ4n) is 3.28. The third kappa shape index (κ3) is 4.95. The Hall–Kier alpha value is -2.67. The number of carbonyl (C=O) groups is 3. The summed E-state index contributed by atoms with van der Waals surface area (Å²) in [5.41, 5.74) is 1.08. The van der Waals surface area contributed by atoms with Gasteiger partial charge in [-0.2, -0.15) is 0 Å². The highest BCUT2D eigenvalue weighted by atomic mass is 32.1. The molecule has 2 aromatic rings. The fourth-order valence-corrected chi connectivity index (χ4v) is 3.97. The second-order valence-electron chi connectivity index (χ2n) is 6.53. The van der Waals surface area contributed by atoms with E-state index >= 15 is 0 Å². The van der Waals surface area contributed by atoms with Gasteiger partial charge in [0.15, 0.2) is 0 Å². The van der Waals surface area contributed by atoms with Crippen molar-refractivity contribution in [1.82, 2.24) is 9.80 Å². The standard InChI is InChI=1S/C20H22N2O4S/c23-18-14-21(10-8-15-5-2-1-3-6-15)20(26)17(13-19(24)25)22(18)11-9-16-7-4-12-27-16/h1-7,12,17H,8-11,13-14H2,(H,24,25). The van der Waals surface area contributed by atoms with Crippen molar-refractivity contribution in [3.63, 3.8) is 0 Å². The summed E-state index contributed by atoms with van der Waals surface area (Å²) in [5, 5.41) is 11.2. The number of carboxylic acid groups (broad SMARTS) is 1. The van der Waals surface area contributed by atoms with Crippen LogP contribution >= 0.6 is 11.3 Å². The number of amides is 2. The molecule has 1 aromatic heterocycles. The summed E-state index contributed by atoms with van der Waals surface area (Å²) in [6.07, 6.45) is 0.891. The largest absolute Gasteiger partial charge is 0.481 e. The maximum absolute atomic E-state index is 12.9. The smallest absolute Gasteiger partial charge is 0.305 e. The van der Waals surface area contributed by atoms with Gasteiger partial charge in [-0.25, -0.2) is 0 Å². The van der Waals surface area contributed by atoms with Crippen LogP contribution in [0.25, 0.3) is 0 Å². The molecule has 1 saturated heterocycles. The number of aliphatic carboxylic acids is 1. The average molecular weight is 386 g/mol. The number of piperazine rings is 1. The number of rotatable bonds is 8. The molecule has 0 spiro atoms. The zero-order valence-corrected chi connectivity index (χ0v) is 15.7. The minimum absolute atomic E-state index is 0.00618. The van der Waals surface area contributed by atoms with Crippen molar-refractivity contribution >= 4 is 29.1 Å². The molecule has 0 bridgehead atoms. The predicted octanol–water partition coefficient (Wildman–Crippen LogP) is 2.05. The average Bonchev–Trinajstić information content (AvgIpc) is 3.17. The van der Waals surface area contributed by atoms with Crippen LogP contribution < -0.4 is 0 Å². The zero-order chi connectivity index (χ0) is 19.2. The first-order valence-electron chi connectivity index (χ1n) is 8.91. The molecule has 2 amide bonds. The van der Waals surface area contributed by atoms with Gasteiger partial charge in [-0.15, -0.1) is 11.3 Å². The van der Waals surface area contributed by atoms with E-state index in [0.29, 0.717) is 25.9 Å². The number of hydrogen-bond donors (Lipinski definition) is 1. The Morgan fingerprint density at radius 3 is 2.52 bits per heavy atom. The molecule has 1 aromatic carbocycles. The molecule has 0 saturated carbocycles. The van der Waals surface area contributed by atoms with E-state index in [2.05, 4.69) is 0 Å². The third-order valence-electron chi connectivity index (χ3n) is 4.68. The van der Waals surface area contributed by atoms with E-state index in [1.54, 1.807) is 11.3 Å². The van der Waals surface area contributed by atoms with Crippen molar-refractivity contribution in [1.29, 1.82) is 0 Å². The molecule has 1 aliphatic rings. The van der Waals surface area contributed by atoms with E-state index < -0.39 is 12.0 Å². The van der Waals surface area contributed by atoms with E-state index in [1.165, 1.54) is 9.80 Å². The van der Waals surface area contributed by atoms with Crippen LogP contribution in [0.15, 0.2) is 47.8 Å². The molecule has 1 N–H and O–H groups in total. The lowest BCUT2D eigenvalue weighted by molar-refractivity contribution is -0.158. The van der Waals surface area contributed by atoms with Crippen LogP contribution in [0.4, 0.5) is 0 Å². The molecule has 0 radical (unpaired) electrons. The number of carboxylic acids is 1. The molecule has 1 unspecified atom stereocenters. The summed E-state index contributed by atoms with van der Waals surface area (Å²) in [6.45, 7) is 0.769. The number of carbonyl (C=O) groups excluding carboxylic acids is 2. The maximum atomic E-state index is 12.9. The van der Waals surface area contributed by atoms with Gasteiger partial charge in [0.25, 0.3) is 0 Å². The molecule has 142 valence electrons. The van der Waals surface area contributed by atoms with Crippen molar-refractivity contribution in [3.05, 3.63) is 58.3 Å².